The maximum atomic E-state index is 2.40. The number of hydrogen-bond acceptors (Lipinski definition) is 1. The zero-order valence-corrected chi connectivity index (χ0v) is 24.8. The normalized spacial score (nSPS) is 11.1. The molecule has 0 aliphatic carbocycles. The van der Waals surface area contributed by atoms with Crippen molar-refractivity contribution < 1.29 is 0 Å². The summed E-state index contributed by atoms with van der Waals surface area (Å²) in [5, 5.41) is 4.99. The van der Waals surface area contributed by atoms with Gasteiger partial charge < -0.3 is 4.90 Å². The number of hydrogen-bond donors (Lipinski definition) is 0. The van der Waals surface area contributed by atoms with Gasteiger partial charge in [0, 0.05) is 16.9 Å². The van der Waals surface area contributed by atoms with Crippen LogP contribution in [0.1, 0.15) is 0 Å². The summed E-state index contributed by atoms with van der Waals surface area (Å²) in [7, 11) is 0. The standard InChI is InChI=1S/C44H31N/c1-3-14-34(15-4-1)43-27-26-40(39-25-23-33-13-8-10-17-36(33)29-39)31-44(43)45(41-19-5-2-6-20-41)42-21-11-18-37(30-42)38-24-22-32-12-7-9-16-35(32)28-38/h1-31H. The average Bonchev–Trinajstić information content (AvgIpc) is 3.12. The highest BCUT2D eigenvalue weighted by atomic mass is 15.1. The first-order valence-electron chi connectivity index (χ1n) is 15.4. The molecular weight excluding hydrogens is 542 g/mol. The van der Waals surface area contributed by atoms with Crippen molar-refractivity contribution in [2.45, 2.75) is 0 Å². The second-order valence-electron chi connectivity index (χ2n) is 11.4. The second kappa shape index (κ2) is 11.6. The summed E-state index contributed by atoms with van der Waals surface area (Å²) >= 11 is 0. The number of para-hydroxylation sites is 1. The lowest BCUT2D eigenvalue weighted by molar-refractivity contribution is 1.28. The molecule has 45 heavy (non-hydrogen) atoms. The highest BCUT2D eigenvalue weighted by Crippen LogP contribution is 2.44. The average molecular weight is 574 g/mol. The molecule has 0 aromatic heterocycles. The molecule has 0 radical (unpaired) electrons. The van der Waals surface area contributed by atoms with Crippen LogP contribution in [-0.2, 0) is 0 Å². The van der Waals surface area contributed by atoms with Gasteiger partial charge in [0.25, 0.3) is 0 Å². The van der Waals surface area contributed by atoms with E-state index in [-0.39, 0.29) is 0 Å². The van der Waals surface area contributed by atoms with Gasteiger partial charge in [-0.1, -0.05) is 146 Å². The molecule has 0 fully saturated rings. The minimum Gasteiger partial charge on any atom is -0.310 e. The third-order valence-corrected chi connectivity index (χ3v) is 8.61. The number of fused-ring (bicyclic) bond motifs is 2. The maximum Gasteiger partial charge on any atom is 0.0546 e. The van der Waals surface area contributed by atoms with Crippen LogP contribution in [0.15, 0.2) is 188 Å². The Bertz CT molecular complexity index is 2270. The fourth-order valence-corrected chi connectivity index (χ4v) is 6.32. The zero-order valence-electron chi connectivity index (χ0n) is 24.8. The molecule has 0 amide bonds. The van der Waals surface area contributed by atoms with Crippen LogP contribution in [0.2, 0.25) is 0 Å². The van der Waals surface area contributed by atoms with Gasteiger partial charge in [-0.15, -0.1) is 0 Å². The van der Waals surface area contributed by atoms with Gasteiger partial charge in [-0.25, -0.2) is 0 Å². The Balaban J connectivity index is 1.33. The molecule has 1 heteroatoms. The molecule has 0 unspecified atom stereocenters. The van der Waals surface area contributed by atoms with Gasteiger partial charge in [-0.05, 0) is 91.8 Å². The Morgan fingerprint density at radius 1 is 0.267 bits per heavy atom. The third-order valence-electron chi connectivity index (χ3n) is 8.61. The Labute approximate surface area is 264 Å². The second-order valence-corrected chi connectivity index (χ2v) is 11.4. The van der Waals surface area contributed by atoms with E-state index in [2.05, 4.69) is 193 Å². The van der Waals surface area contributed by atoms with Crippen LogP contribution in [0.5, 0.6) is 0 Å². The van der Waals surface area contributed by atoms with E-state index in [9.17, 15) is 0 Å². The Kier molecular flexibility index (Phi) is 6.90. The third kappa shape index (κ3) is 5.26. The minimum atomic E-state index is 1.11. The first kappa shape index (κ1) is 26.7. The van der Waals surface area contributed by atoms with Crippen LogP contribution >= 0.6 is 0 Å². The van der Waals surface area contributed by atoms with E-state index < -0.39 is 0 Å². The minimum absolute atomic E-state index is 1.11. The summed E-state index contributed by atoms with van der Waals surface area (Å²) in [5.74, 6) is 0. The predicted octanol–water partition coefficient (Wildman–Crippen LogP) is 12.5. The summed E-state index contributed by atoms with van der Waals surface area (Å²) in [5.41, 5.74) is 10.5. The largest absolute Gasteiger partial charge is 0.310 e. The molecule has 0 heterocycles. The first-order valence-corrected chi connectivity index (χ1v) is 15.4. The van der Waals surface area contributed by atoms with Crippen molar-refractivity contribution in [1.29, 1.82) is 0 Å². The van der Waals surface area contributed by atoms with Gasteiger partial charge in [-0.2, -0.15) is 0 Å². The summed E-state index contributed by atoms with van der Waals surface area (Å²) in [6.45, 7) is 0. The molecule has 0 aliphatic heterocycles. The summed E-state index contributed by atoms with van der Waals surface area (Å²) in [4.78, 5) is 2.40. The summed E-state index contributed by atoms with van der Waals surface area (Å²) < 4.78 is 0. The highest BCUT2D eigenvalue weighted by molar-refractivity contribution is 5.94. The van der Waals surface area contributed by atoms with E-state index in [1.807, 2.05) is 0 Å². The molecule has 0 atom stereocenters. The van der Waals surface area contributed by atoms with Crippen molar-refractivity contribution in [2.24, 2.45) is 0 Å². The van der Waals surface area contributed by atoms with E-state index in [0.29, 0.717) is 0 Å². The topological polar surface area (TPSA) is 3.24 Å². The van der Waals surface area contributed by atoms with Crippen LogP contribution in [0, 0.1) is 0 Å². The van der Waals surface area contributed by atoms with E-state index >= 15 is 0 Å². The maximum absolute atomic E-state index is 2.40. The van der Waals surface area contributed by atoms with Crippen LogP contribution in [0.25, 0.3) is 54.9 Å². The smallest absolute Gasteiger partial charge is 0.0546 e. The molecule has 8 rings (SSSR count). The number of anilines is 3. The summed E-state index contributed by atoms with van der Waals surface area (Å²) in [6, 6.07) is 67.8. The Morgan fingerprint density at radius 3 is 1.38 bits per heavy atom. The van der Waals surface area contributed by atoms with Crippen molar-refractivity contribution in [3.05, 3.63) is 188 Å². The number of nitrogens with zero attached hydrogens (tertiary/aromatic N) is 1. The number of benzene rings is 8. The van der Waals surface area contributed by atoms with E-state index in [4.69, 9.17) is 0 Å². The molecule has 8 aromatic rings. The zero-order chi connectivity index (χ0) is 30.0. The molecule has 0 saturated carbocycles. The van der Waals surface area contributed by atoms with Gasteiger partial charge in [-0.3, -0.25) is 0 Å². The van der Waals surface area contributed by atoms with Gasteiger partial charge in [0.1, 0.15) is 0 Å². The molecule has 212 valence electrons. The molecule has 0 saturated heterocycles. The number of rotatable bonds is 6. The van der Waals surface area contributed by atoms with Gasteiger partial charge in [0.15, 0.2) is 0 Å². The monoisotopic (exact) mass is 573 g/mol. The van der Waals surface area contributed by atoms with E-state index in [1.54, 1.807) is 0 Å². The van der Waals surface area contributed by atoms with Gasteiger partial charge in [0.2, 0.25) is 0 Å². The van der Waals surface area contributed by atoms with Crippen LogP contribution < -0.4 is 4.90 Å². The lowest BCUT2D eigenvalue weighted by Crippen LogP contribution is -2.11. The molecule has 0 aliphatic rings. The molecule has 0 bridgehead atoms. The van der Waals surface area contributed by atoms with Gasteiger partial charge in [0.05, 0.1) is 5.69 Å². The lowest BCUT2D eigenvalue weighted by Gasteiger charge is -2.29. The van der Waals surface area contributed by atoms with E-state index in [1.165, 1.54) is 54.9 Å². The molecule has 1 nitrogen and oxygen atoms in total. The fraction of sp³-hybridized carbons (Fsp3) is 0. The van der Waals surface area contributed by atoms with Crippen molar-refractivity contribution in [1.82, 2.24) is 0 Å². The Hall–Kier alpha value is -5.92. The van der Waals surface area contributed by atoms with E-state index in [0.717, 1.165) is 17.1 Å². The Morgan fingerprint density at radius 2 is 0.733 bits per heavy atom. The van der Waals surface area contributed by atoms with Crippen molar-refractivity contribution in [3.8, 4) is 33.4 Å². The van der Waals surface area contributed by atoms with Crippen molar-refractivity contribution in [3.63, 3.8) is 0 Å². The first-order chi connectivity index (χ1) is 22.3. The van der Waals surface area contributed by atoms with Gasteiger partial charge >= 0.3 is 0 Å². The molecular formula is C44H31N. The van der Waals surface area contributed by atoms with Crippen molar-refractivity contribution in [2.75, 3.05) is 4.90 Å². The van der Waals surface area contributed by atoms with Crippen molar-refractivity contribution >= 4 is 38.6 Å². The molecule has 0 spiro atoms. The summed E-state index contributed by atoms with van der Waals surface area (Å²) in [6.07, 6.45) is 0. The SMILES string of the molecule is c1ccc(-c2ccc(-c3ccc4ccccc4c3)cc2N(c2ccccc2)c2cccc(-c3ccc4ccccc4c3)c2)cc1. The predicted molar refractivity (Wildman–Crippen MR) is 192 cm³/mol. The van der Waals surface area contributed by atoms with Crippen LogP contribution in [0.3, 0.4) is 0 Å². The fourth-order valence-electron chi connectivity index (χ4n) is 6.32. The lowest BCUT2D eigenvalue weighted by atomic mass is 9.95. The molecule has 0 N–H and O–H groups in total. The quantitative estimate of drug-likeness (QED) is 0.191. The molecule has 8 aromatic carbocycles. The highest BCUT2D eigenvalue weighted by Gasteiger charge is 2.19. The van der Waals surface area contributed by atoms with Crippen LogP contribution in [-0.4, -0.2) is 0 Å². The van der Waals surface area contributed by atoms with Crippen LogP contribution in [0.4, 0.5) is 17.1 Å².